The zero-order valence-electron chi connectivity index (χ0n) is 12.2. The molecule has 0 aromatic rings. The number of fused-ring (bicyclic) bond motifs is 1. The van der Waals surface area contributed by atoms with Gasteiger partial charge in [-0.05, 0) is 19.3 Å². The molecule has 0 amide bonds. The molecule has 7 nitrogen and oxygen atoms in total. The molecule has 2 saturated heterocycles. The van der Waals surface area contributed by atoms with E-state index in [2.05, 4.69) is 5.32 Å². The van der Waals surface area contributed by atoms with E-state index >= 15 is 0 Å². The van der Waals surface area contributed by atoms with Crippen LogP contribution in [0.25, 0.3) is 0 Å². The minimum Gasteiger partial charge on any atom is -0.394 e. The van der Waals surface area contributed by atoms with Crippen LogP contribution in [0.15, 0.2) is 0 Å². The van der Waals surface area contributed by atoms with Crippen molar-refractivity contribution in [1.82, 2.24) is 5.32 Å². The van der Waals surface area contributed by atoms with E-state index in [0.29, 0.717) is 18.5 Å². The number of hydrogen-bond acceptors (Lipinski definition) is 7. The van der Waals surface area contributed by atoms with Gasteiger partial charge >= 0.3 is 0 Å². The molecule has 5 N–H and O–H groups in total. The summed E-state index contributed by atoms with van der Waals surface area (Å²) in [5.41, 5.74) is 0. The van der Waals surface area contributed by atoms with Crippen molar-refractivity contribution in [1.29, 1.82) is 0 Å². The van der Waals surface area contributed by atoms with E-state index in [9.17, 15) is 20.4 Å². The van der Waals surface area contributed by atoms with Gasteiger partial charge in [0, 0.05) is 23.9 Å². The van der Waals surface area contributed by atoms with Crippen LogP contribution in [-0.4, -0.2) is 81.8 Å². The van der Waals surface area contributed by atoms with Gasteiger partial charge in [-0.3, -0.25) is 0 Å². The summed E-state index contributed by atoms with van der Waals surface area (Å²) >= 11 is 6.18. The fourth-order valence-electron chi connectivity index (χ4n) is 3.74. The van der Waals surface area contributed by atoms with E-state index in [1.165, 1.54) is 0 Å². The van der Waals surface area contributed by atoms with E-state index in [1.54, 1.807) is 0 Å². The predicted molar refractivity (Wildman–Crippen MR) is 77.4 cm³/mol. The Hall–Kier alpha value is 0.01000. The fourth-order valence-corrected chi connectivity index (χ4v) is 4.06. The van der Waals surface area contributed by atoms with E-state index in [0.717, 1.165) is 19.3 Å². The first kappa shape index (κ1) is 16.9. The zero-order valence-corrected chi connectivity index (χ0v) is 13.0. The number of alkyl halides is 1. The van der Waals surface area contributed by atoms with Crippen LogP contribution in [0.5, 0.6) is 0 Å². The van der Waals surface area contributed by atoms with Gasteiger partial charge in [0.05, 0.1) is 12.7 Å². The van der Waals surface area contributed by atoms with Crippen LogP contribution in [0, 0.1) is 5.92 Å². The van der Waals surface area contributed by atoms with Crippen molar-refractivity contribution in [3.8, 4) is 0 Å². The summed E-state index contributed by atoms with van der Waals surface area (Å²) in [6, 6.07) is 0.297. The number of aliphatic hydroxyl groups excluding tert-OH is 4. The number of halogens is 1. The molecule has 0 spiro atoms. The third-order valence-electron chi connectivity index (χ3n) is 5.06. The van der Waals surface area contributed by atoms with Crippen molar-refractivity contribution >= 4 is 11.6 Å². The second kappa shape index (κ2) is 6.86. The smallest absolute Gasteiger partial charge is 0.187 e. The molecule has 9 atom stereocenters. The van der Waals surface area contributed by atoms with Gasteiger partial charge in [-0.1, -0.05) is 0 Å². The molecule has 2 aliphatic heterocycles. The van der Waals surface area contributed by atoms with Crippen molar-refractivity contribution in [2.75, 3.05) is 13.2 Å². The second-order valence-corrected chi connectivity index (χ2v) is 7.08. The summed E-state index contributed by atoms with van der Waals surface area (Å²) in [4.78, 5) is 0. The average Bonchev–Trinajstić information content (AvgIpc) is 2.90. The Balaban J connectivity index is 1.62. The number of rotatable bonds is 3. The Bertz CT molecular complexity index is 386. The van der Waals surface area contributed by atoms with Gasteiger partial charge in [0.1, 0.15) is 24.4 Å². The molecule has 2 heterocycles. The molecule has 0 aromatic heterocycles. The number of aliphatic hydroxyl groups is 4. The van der Waals surface area contributed by atoms with Gasteiger partial charge in [0.25, 0.3) is 0 Å². The van der Waals surface area contributed by atoms with Crippen LogP contribution in [0.1, 0.15) is 19.3 Å². The molecular formula is C14H24ClNO6. The fraction of sp³-hybridized carbons (Fsp3) is 1.00. The first-order chi connectivity index (χ1) is 10.5. The van der Waals surface area contributed by atoms with Crippen LogP contribution in [0.4, 0.5) is 0 Å². The second-order valence-electron chi connectivity index (χ2n) is 6.46. The largest absolute Gasteiger partial charge is 0.394 e. The third-order valence-corrected chi connectivity index (χ3v) is 5.45. The van der Waals surface area contributed by atoms with Crippen molar-refractivity contribution in [2.45, 2.75) is 67.5 Å². The topological polar surface area (TPSA) is 111 Å². The predicted octanol–water partition coefficient (Wildman–Crippen LogP) is -1.45. The highest BCUT2D eigenvalue weighted by Crippen LogP contribution is 2.36. The lowest BCUT2D eigenvalue weighted by Crippen LogP contribution is -2.60. The van der Waals surface area contributed by atoms with Crippen LogP contribution in [0.3, 0.4) is 0 Å². The van der Waals surface area contributed by atoms with Crippen molar-refractivity contribution in [2.24, 2.45) is 5.92 Å². The molecule has 3 fully saturated rings. The average molecular weight is 338 g/mol. The molecule has 1 aliphatic carbocycles. The summed E-state index contributed by atoms with van der Waals surface area (Å²) < 4.78 is 11.3. The van der Waals surface area contributed by atoms with Crippen LogP contribution in [-0.2, 0) is 9.47 Å². The van der Waals surface area contributed by atoms with E-state index in [4.69, 9.17) is 21.1 Å². The minimum absolute atomic E-state index is 0.143. The van der Waals surface area contributed by atoms with E-state index < -0.39 is 37.3 Å². The van der Waals surface area contributed by atoms with Crippen molar-refractivity contribution in [3.05, 3.63) is 0 Å². The maximum Gasteiger partial charge on any atom is 0.187 e. The summed E-state index contributed by atoms with van der Waals surface area (Å²) in [7, 11) is 0. The summed E-state index contributed by atoms with van der Waals surface area (Å²) in [5.74, 6) is 0.294. The lowest BCUT2D eigenvalue weighted by molar-refractivity contribution is -0.312. The molecule has 9 unspecified atom stereocenters. The van der Waals surface area contributed by atoms with Crippen LogP contribution < -0.4 is 5.32 Å². The zero-order chi connectivity index (χ0) is 15.9. The number of nitrogens with one attached hydrogen (secondary N) is 1. The molecular weight excluding hydrogens is 314 g/mol. The van der Waals surface area contributed by atoms with Crippen LogP contribution in [0.2, 0.25) is 0 Å². The number of hydrogen-bond donors (Lipinski definition) is 5. The SMILES string of the molecule is OCC1OC(OC2CNC3CC(Cl)CCC32)C(O)C(O)C1O. The highest BCUT2D eigenvalue weighted by Gasteiger charge is 2.47. The third kappa shape index (κ3) is 3.14. The van der Waals surface area contributed by atoms with Crippen molar-refractivity contribution < 1.29 is 29.9 Å². The minimum atomic E-state index is -1.40. The summed E-state index contributed by atoms with van der Waals surface area (Å²) in [5, 5.41) is 42.4. The van der Waals surface area contributed by atoms with Crippen molar-refractivity contribution in [3.63, 3.8) is 0 Å². The molecule has 3 aliphatic rings. The first-order valence-corrected chi connectivity index (χ1v) is 8.28. The lowest BCUT2D eigenvalue weighted by Gasteiger charge is -2.41. The quantitative estimate of drug-likeness (QED) is 0.401. The van der Waals surface area contributed by atoms with E-state index in [1.807, 2.05) is 0 Å². The Kier molecular flexibility index (Phi) is 5.26. The van der Waals surface area contributed by atoms with E-state index in [-0.39, 0.29) is 11.5 Å². The molecule has 128 valence electrons. The number of ether oxygens (including phenoxy) is 2. The monoisotopic (exact) mass is 337 g/mol. The maximum absolute atomic E-state index is 10.0. The first-order valence-electron chi connectivity index (χ1n) is 7.84. The van der Waals surface area contributed by atoms with Gasteiger partial charge in [-0.25, -0.2) is 0 Å². The van der Waals surface area contributed by atoms with Crippen LogP contribution >= 0.6 is 11.6 Å². The Morgan fingerprint density at radius 3 is 2.64 bits per heavy atom. The molecule has 0 radical (unpaired) electrons. The molecule has 0 bridgehead atoms. The molecule has 22 heavy (non-hydrogen) atoms. The standard InChI is InChI=1S/C14H24ClNO6/c15-6-1-2-7-8(3-6)16-4-9(7)21-14-13(20)12(19)11(18)10(5-17)22-14/h6-14,16-20H,1-5H2. The van der Waals surface area contributed by atoms with Gasteiger partial charge in [-0.15, -0.1) is 11.6 Å². The maximum atomic E-state index is 10.0. The Labute approximate surface area is 134 Å². The summed E-state index contributed by atoms with van der Waals surface area (Å²) in [6.07, 6.45) is -3.49. The van der Waals surface area contributed by atoms with Gasteiger partial charge in [0.2, 0.25) is 0 Å². The molecule has 3 rings (SSSR count). The highest BCUT2D eigenvalue weighted by atomic mass is 35.5. The van der Waals surface area contributed by atoms with Gasteiger partial charge in [0.15, 0.2) is 6.29 Å². The highest BCUT2D eigenvalue weighted by molar-refractivity contribution is 6.20. The summed E-state index contributed by atoms with van der Waals surface area (Å²) in [6.45, 7) is 0.182. The Morgan fingerprint density at radius 2 is 1.91 bits per heavy atom. The molecule has 1 saturated carbocycles. The lowest BCUT2D eigenvalue weighted by atomic mass is 9.84. The van der Waals surface area contributed by atoms with Gasteiger partial charge in [-0.2, -0.15) is 0 Å². The molecule has 0 aromatic carbocycles. The normalized spacial score (nSPS) is 52.5. The molecule has 8 heteroatoms. The Morgan fingerprint density at radius 1 is 1.14 bits per heavy atom. The van der Waals surface area contributed by atoms with Gasteiger partial charge < -0.3 is 35.2 Å².